The van der Waals surface area contributed by atoms with E-state index >= 15 is 0 Å². The number of thiazole rings is 1. The lowest BCUT2D eigenvalue weighted by Gasteiger charge is -2.35. The molecule has 7 aromatic rings. The van der Waals surface area contributed by atoms with Gasteiger partial charge in [-0.2, -0.15) is 18.3 Å². The van der Waals surface area contributed by atoms with E-state index in [1.54, 1.807) is 45.8 Å². The molecule has 4 N–H and O–H groups in total. The molecule has 1 aliphatic heterocycles. The molecule has 4 aromatic heterocycles. The second-order valence-electron chi connectivity index (χ2n) is 20.7. The van der Waals surface area contributed by atoms with Gasteiger partial charge in [0.25, 0.3) is 5.91 Å². The molecular weight excluding hydrogens is 984 g/mol. The molecule has 16 nitrogen and oxygen atoms in total. The van der Waals surface area contributed by atoms with Crippen molar-refractivity contribution in [1.29, 1.82) is 0 Å². The molecule has 1 unspecified atom stereocenters. The number of aliphatic hydroxyl groups excluding tert-OH is 1. The number of carbonyl (C=O) groups is 4. The van der Waals surface area contributed by atoms with Gasteiger partial charge in [-0.1, -0.05) is 75.9 Å². The third-order valence-electron chi connectivity index (χ3n) is 13.7. The van der Waals surface area contributed by atoms with Gasteiger partial charge in [0.05, 0.1) is 39.0 Å². The van der Waals surface area contributed by atoms with Crippen LogP contribution in [0.4, 0.5) is 13.2 Å². The number of hydrogen-bond donors (Lipinski definition) is 4. The van der Waals surface area contributed by atoms with E-state index in [0.717, 1.165) is 114 Å². The molecule has 0 bridgehead atoms. The molecule has 3 atom stereocenters. The molecule has 3 aromatic carbocycles. The van der Waals surface area contributed by atoms with E-state index in [9.17, 15) is 37.5 Å². The van der Waals surface area contributed by atoms with Gasteiger partial charge < -0.3 is 26.0 Å². The lowest BCUT2D eigenvalue weighted by Crippen LogP contribution is -2.57. The van der Waals surface area contributed by atoms with E-state index in [-0.39, 0.29) is 49.6 Å². The normalized spacial score (nSPS) is 15.5. The van der Waals surface area contributed by atoms with Crippen LogP contribution < -0.4 is 16.0 Å². The van der Waals surface area contributed by atoms with Crippen molar-refractivity contribution in [1.82, 2.24) is 55.2 Å². The third-order valence-corrected chi connectivity index (χ3v) is 14.7. The van der Waals surface area contributed by atoms with E-state index in [2.05, 4.69) is 36.3 Å². The van der Waals surface area contributed by atoms with Crippen molar-refractivity contribution in [3.8, 4) is 16.1 Å². The molecule has 1 aliphatic rings. The van der Waals surface area contributed by atoms with Crippen LogP contribution in [-0.4, -0.2) is 99.2 Å². The predicted molar refractivity (Wildman–Crippen MR) is 282 cm³/mol. The Morgan fingerprint density at radius 2 is 1.60 bits per heavy atom. The highest BCUT2D eigenvalue weighted by Crippen LogP contribution is 2.35. The summed E-state index contributed by atoms with van der Waals surface area (Å²) < 4.78 is 45.0. The molecule has 1 saturated heterocycles. The maximum atomic E-state index is 14.0. The second-order valence-corrected chi connectivity index (χ2v) is 21.5. The molecule has 0 spiro atoms. The lowest BCUT2D eigenvalue weighted by molar-refractivity contribution is -0.144. The quantitative estimate of drug-likeness (QED) is 0.0480. The summed E-state index contributed by atoms with van der Waals surface area (Å²) in [5.41, 5.74) is 6.60. The fraction of sp³-hybridized carbons (Fsp3) is 0.455. The van der Waals surface area contributed by atoms with Crippen molar-refractivity contribution < 1.29 is 37.5 Å². The van der Waals surface area contributed by atoms with Crippen molar-refractivity contribution in [2.75, 3.05) is 13.1 Å². The highest BCUT2D eigenvalue weighted by molar-refractivity contribution is 7.13. The molecule has 20 heteroatoms. The second kappa shape index (κ2) is 23.7. The van der Waals surface area contributed by atoms with Gasteiger partial charge in [0.1, 0.15) is 12.1 Å². The van der Waals surface area contributed by atoms with Crippen molar-refractivity contribution >= 4 is 56.9 Å². The molecular formula is C55H66F3N11O5S. The Hall–Kier alpha value is -6.93. The third kappa shape index (κ3) is 13.5. The summed E-state index contributed by atoms with van der Waals surface area (Å²) in [7, 11) is 1.78. The molecule has 0 aliphatic carbocycles. The van der Waals surface area contributed by atoms with Crippen LogP contribution in [0.3, 0.4) is 0 Å². The van der Waals surface area contributed by atoms with Crippen LogP contribution in [0.15, 0.2) is 84.6 Å². The summed E-state index contributed by atoms with van der Waals surface area (Å²) in [6, 6.07) is 16.4. The Balaban J connectivity index is 0.701. The van der Waals surface area contributed by atoms with Gasteiger partial charge in [-0.15, -0.1) is 16.4 Å². The first-order valence-corrected chi connectivity index (χ1v) is 26.6. The zero-order valence-electron chi connectivity index (χ0n) is 43.1. The SMILES string of the molecule is Cc1ncsc1-c1ccc(CNC(=O)[C@@H]2C[C@@H](O)CN2C(=O)C(NC(=O)CCCCCc2cn(CCCCCCCNC(=O)c3ccc4c(c3)c3cn(C)nc3n4-c3ccc(C(F)(F)F)cc3)nn2)C(C)(C)C)cc1. The van der Waals surface area contributed by atoms with Gasteiger partial charge >= 0.3 is 6.18 Å². The number of nitrogens with zero attached hydrogens (tertiary/aromatic N) is 8. The Kier molecular flexibility index (Phi) is 17.2. The minimum atomic E-state index is -4.44. The Bertz CT molecular complexity index is 3100. The van der Waals surface area contributed by atoms with E-state index in [0.29, 0.717) is 29.9 Å². The minimum Gasteiger partial charge on any atom is -0.391 e. The van der Waals surface area contributed by atoms with E-state index in [4.69, 9.17) is 0 Å². The smallest absolute Gasteiger partial charge is 0.391 e. The van der Waals surface area contributed by atoms with Crippen LogP contribution in [0, 0.1) is 12.3 Å². The number of aromatic nitrogens is 7. The Labute approximate surface area is 438 Å². The number of carbonyl (C=O) groups excluding carboxylic acids is 4. The first-order chi connectivity index (χ1) is 35.8. The average molecular weight is 1050 g/mol. The van der Waals surface area contributed by atoms with Crippen LogP contribution in [-0.2, 0) is 47.1 Å². The summed E-state index contributed by atoms with van der Waals surface area (Å²) in [6.45, 7) is 9.14. The lowest BCUT2D eigenvalue weighted by atomic mass is 9.85. The zero-order chi connectivity index (χ0) is 53.4. The van der Waals surface area contributed by atoms with Crippen molar-refractivity contribution in [2.45, 2.75) is 136 Å². The number of benzene rings is 3. The van der Waals surface area contributed by atoms with Crippen molar-refractivity contribution in [2.24, 2.45) is 12.5 Å². The minimum absolute atomic E-state index is 0.00966. The number of aliphatic hydroxyl groups is 1. The van der Waals surface area contributed by atoms with Gasteiger partial charge in [-0.3, -0.25) is 33.1 Å². The highest BCUT2D eigenvalue weighted by atomic mass is 32.1. The number of halogens is 3. The Morgan fingerprint density at radius 3 is 2.32 bits per heavy atom. The Morgan fingerprint density at radius 1 is 0.867 bits per heavy atom. The van der Waals surface area contributed by atoms with Crippen molar-refractivity contribution in [3.63, 3.8) is 0 Å². The van der Waals surface area contributed by atoms with Crippen LogP contribution in [0.5, 0.6) is 0 Å². The number of nitrogens with one attached hydrogen (secondary N) is 3. The van der Waals surface area contributed by atoms with Crippen LogP contribution in [0.25, 0.3) is 38.1 Å². The van der Waals surface area contributed by atoms with Crippen molar-refractivity contribution in [3.05, 3.63) is 113 Å². The number of hydrogen-bond acceptors (Lipinski definition) is 10. The summed E-state index contributed by atoms with van der Waals surface area (Å²) in [5.74, 6) is -1.18. The standard InChI is InChI=1S/C55H66F3N11O5S/c1-35-48(75-34-61-35)37-18-16-36(17-19-37)30-60-52(73)46-29-42(70)32-68(46)53(74)49(54(2,3)4)62-47(71)15-11-9-10-14-40-31-67(65-63-40)27-13-8-6-7-12-26-59-51(72)38-20-25-45-43(28-38)44-33-66(5)64-50(44)69(45)41-23-21-39(22-24-41)55(56,57)58/h16-25,28,31,33-34,42,46,49,70H,6-15,26-27,29-30,32H2,1-5H3,(H,59,72)(H,60,73)(H,62,71)/t42-,46+,49?/m1/s1. The molecule has 8 rings (SSSR count). The fourth-order valence-electron chi connectivity index (χ4n) is 9.67. The number of likely N-dealkylation sites (tertiary alicyclic amines) is 1. The average Bonchev–Trinajstić information content (AvgIpc) is 4.23. The molecule has 398 valence electrons. The number of β-amino-alcohol motifs (C(OH)–C–C–N with tert-alkyl or cyclic N) is 1. The van der Waals surface area contributed by atoms with E-state index in [1.165, 1.54) is 17.0 Å². The number of amides is 4. The molecule has 1 fully saturated rings. The number of aryl methyl sites for hydroxylation is 4. The monoisotopic (exact) mass is 1050 g/mol. The van der Waals surface area contributed by atoms with Crippen LogP contribution in [0.1, 0.15) is 118 Å². The van der Waals surface area contributed by atoms with E-state index < -0.39 is 35.3 Å². The summed E-state index contributed by atoms with van der Waals surface area (Å²) in [4.78, 5) is 60.8. The summed E-state index contributed by atoms with van der Waals surface area (Å²) >= 11 is 1.57. The number of fused-ring (bicyclic) bond motifs is 3. The van der Waals surface area contributed by atoms with Gasteiger partial charge in [-0.05, 0) is 98.0 Å². The molecule has 0 radical (unpaired) electrons. The highest BCUT2D eigenvalue weighted by Gasteiger charge is 2.44. The summed E-state index contributed by atoms with van der Waals surface area (Å²) in [6.07, 6.45) is 6.56. The largest absolute Gasteiger partial charge is 0.416 e. The van der Waals surface area contributed by atoms with Crippen LogP contribution in [0.2, 0.25) is 0 Å². The molecule has 5 heterocycles. The van der Waals surface area contributed by atoms with Gasteiger partial charge in [0, 0.05) is 80.5 Å². The number of unbranched alkanes of at least 4 members (excludes halogenated alkanes) is 6. The first kappa shape index (κ1) is 54.3. The van der Waals surface area contributed by atoms with Gasteiger partial charge in [0.15, 0.2) is 5.65 Å². The number of rotatable bonds is 22. The number of alkyl halides is 3. The van der Waals surface area contributed by atoms with Gasteiger partial charge in [-0.25, -0.2) is 4.98 Å². The maximum absolute atomic E-state index is 14.0. The summed E-state index contributed by atoms with van der Waals surface area (Å²) in [5, 5.41) is 34.3. The van der Waals surface area contributed by atoms with Gasteiger partial charge in [0.2, 0.25) is 17.7 Å². The fourth-order valence-corrected chi connectivity index (χ4v) is 10.5. The van der Waals surface area contributed by atoms with Crippen LogP contribution >= 0.6 is 11.3 Å². The first-order valence-electron chi connectivity index (χ1n) is 25.7. The molecule has 75 heavy (non-hydrogen) atoms. The molecule has 4 amide bonds. The predicted octanol–water partition coefficient (Wildman–Crippen LogP) is 8.85. The maximum Gasteiger partial charge on any atom is 0.416 e. The zero-order valence-corrected chi connectivity index (χ0v) is 43.9. The molecule has 0 saturated carbocycles. The van der Waals surface area contributed by atoms with E-state index in [1.807, 2.05) is 74.5 Å². The topological polar surface area (TPSA) is 194 Å².